The number of esters is 1. The van der Waals surface area contributed by atoms with Crippen molar-refractivity contribution in [1.29, 1.82) is 0 Å². The molecule has 0 spiro atoms. The van der Waals surface area contributed by atoms with Gasteiger partial charge in [-0.25, -0.2) is 4.79 Å². The van der Waals surface area contributed by atoms with E-state index in [2.05, 4.69) is 5.32 Å². The van der Waals surface area contributed by atoms with E-state index in [0.717, 1.165) is 5.56 Å². The minimum absolute atomic E-state index is 0.0878. The molecule has 0 radical (unpaired) electrons. The van der Waals surface area contributed by atoms with Crippen LogP contribution >= 0.6 is 0 Å². The molecule has 6 heteroatoms. The highest BCUT2D eigenvalue weighted by Crippen LogP contribution is 2.13. The van der Waals surface area contributed by atoms with E-state index in [1.807, 2.05) is 76.9 Å². The second-order valence-electron chi connectivity index (χ2n) is 7.69. The molecule has 146 valence electrons. The number of hydrogen-bond acceptors (Lipinski definition) is 5. The molecule has 1 unspecified atom stereocenters. The summed E-state index contributed by atoms with van der Waals surface area (Å²) in [5.41, 5.74) is 0.426. The van der Waals surface area contributed by atoms with E-state index >= 15 is 0 Å². The molecule has 1 amide bonds. The summed E-state index contributed by atoms with van der Waals surface area (Å²) in [7, 11) is 1.85. The summed E-state index contributed by atoms with van der Waals surface area (Å²) in [5, 5.41) is 2.71. The fourth-order valence-electron chi connectivity index (χ4n) is 2.56. The van der Waals surface area contributed by atoms with Gasteiger partial charge in [0.2, 0.25) is 0 Å². The Balaban J connectivity index is 2.49. The van der Waals surface area contributed by atoms with E-state index in [1.54, 1.807) is 0 Å². The minimum atomic E-state index is -0.530. The minimum Gasteiger partial charge on any atom is -0.460 e. The van der Waals surface area contributed by atoms with E-state index in [9.17, 15) is 9.59 Å². The fourth-order valence-corrected chi connectivity index (χ4v) is 2.56. The van der Waals surface area contributed by atoms with Gasteiger partial charge in [0.15, 0.2) is 0 Å². The molecule has 0 fully saturated rings. The third-order valence-corrected chi connectivity index (χ3v) is 3.70. The van der Waals surface area contributed by atoms with Crippen LogP contribution in [-0.2, 0) is 20.9 Å². The predicted octanol–water partition coefficient (Wildman–Crippen LogP) is 3.21. The van der Waals surface area contributed by atoms with Crippen LogP contribution in [0.5, 0.6) is 0 Å². The molecule has 0 aliphatic carbocycles. The molecule has 0 heterocycles. The van der Waals surface area contributed by atoms with E-state index in [1.165, 1.54) is 0 Å². The number of carbonyl (C=O) groups is 2. The number of hydrogen-bond donors (Lipinski definition) is 1. The fraction of sp³-hybridized carbons (Fsp3) is 0.600. The highest BCUT2D eigenvalue weighted by molar-refractivity contribution is 5.76. The lowest BCUT2D eigenvalue weighted by molar-refractivity contribution is -0.152. The Morgan fingerprint density at radius 3 is 2.31 bits per heavy atom. The van der Waals surface area contributed by atoms with Gasteiger partial charge in [0.05, 0.1) is 0 Å². The molecule has 1 rings (SSSR count). The van der Waals surface area contributed by atoms with Gasteiger partial charge in [-0.2, -0.15) is 0 Å². The van der Waals surface area contributed by atoms with Gasteiger partial charge in [0, 0.05) is 13.1 Å². The van der Waals surface area contributed by atoms with Crippen LogP contribution < -0.4 is 5.32 Å². The lowest BCUT2D eigenvalue weighted by Crippen LogP contribution is -2.46. The van der Waals surface area contributed by atoms with Crippen LogP contribution in [0.3, 0.4) is 0 Å². The van der Waals surface area contributed by atoms with Crippen LogP contribution in [0.1, 0.15) is 40.2 Å². The van der Waals surface area contributed by atoms with Crippen molar-refractivity contribution in [3.8, 4) is 0 Å². The topological polar surface area (TPSA) is 67.9 Å². The largest absolute Gasteiger partial charge is 0.460 e. The number of carbonyl (C=O) groups excluding carboxylic acids is 2. The average Bonchev–Trinajstić information content (AvgIpc) is 2.52. The number of ether oxygens (including phenoxy) is 2. The molecule has 0 aliphatic heterocycles. The number of alkyl carbamates (subject to hydrolysis) is 1. The molecule has 26 heavy (non-hydrogen) atoms. The Morgan fingerprint density at radius 1 is 1.15 bits per heavy atom. The van der Waals surface area contributed by atoms with Gasteiger partial charge in [-0.15, -0.1) is 0 Å². The summed E-state index contributed by atoms with van der Waals surface area (Å²) >= 11 is 0. The van der Waals surface area contributed by atoms with Gasteiger partial charge < -0.3 is 14.8 Å². The Hall–Kier alpha value is -2.08. The van der Waals surface area contributed by atoms with Crippen LogP contribution in [0.2, 0.25) is 0 Å². The first-order chi connectivity index (χ1) is 12.1. The first-order valence-electron chi connectivity index (χ1n) is 8.98. The van der Waals surface area contributed by atoms with Crippen molar-refractivity contribution in [2.24, 2.45) is 5.92 Å². The third kappa shape index (κ3) is 8.34. The van der Waals surface area contributed by atoms with Crippen LogP contribution in [0.4, 0.5) is 4.79 Å². The maximum Gasteiger partial charge on any atom is 0.407 e. The van der Waals surface area contributed by atoms with Crippen molar-refractivity contribution in [3.63, 3.8) is 0 Å². The molecule has 1 atom stereocenters. The van der Waals surface area contributed by atoms with Gasteiger partial charge >= 0.3 is 12.1 Å². The maximum atomic E-state index is 12.5. The lowest BCUT2D eigenvalue weighted by Gasteiger charge is -2.29. The van der Waals surface area contributed by atoms with E-state index in [0.29, 0.717) is 13.1 Å². The Morgan fingerprint density at radius 2 is 1.77 bits per heavy atom. The zero-order valence-corrected chi connectivity index (χ0v) is 16.7. The number of rotatable bonds is 8. The van der Waals surface area contributed by atoms with E-state index in [-0.39, 0.29) is 24.5 Å². The zero-order chi connectivity index (χ0) is 19.7. The van der Waals surface area contributed by atoms with E-state index in [4.69, 9.17) is 9.47 Å². The van der Waals surface area contributed by atoms with Crippen molar-refractivity contribution in [3.05, 3.63) is 35.9 Å². The summed E-state index contributed by atoms with van der Waals surface area (Å²) in [4.78, 5) is 26.1. The number of likely N-dealkylation sites (N-methyl/N-ethyl adjacent to an activating group) is 1. The molecule has 1 aromatic carbocycles. The lowest BCUT2D eigenvalue weighted by atomic mass is 10.0. The van der Waals surface area contributed by atoms with Crippen molar-refractivity contribution in [2.45, 2.75) is 52.9 Å². The number of benzene rings is 1. The van der Waals surface area contributed by atoms with E-state index < -0.39 is 11.7 Å². The Labute approximate surface area is 156 Å². The number of nitrogens with zero attached hydrogens (tertiary/aromatic N) is 1. The van der Waals surface area contributed by atoms with Crippen LogP contribution in [0.15, 0.2) is 30.3 Å². The van der Waals surface area contributed by atoms with Gasteiger partial charge in [-0.3, -0.25) is 9.69 Å². The quantitative estimate of drug-likeness (QED) is 0.718. The monoisotopic (exact) mass is 364 g/mol. The van der Waals surface area contributed by atoms with Crippen molar-refractivity contribution < 1.29 is 19.1 Å². The molecule has 1 aromatic rings. The Kier molecular flexibility index (Phi) is 8.58. The first-order valence-corrected chi connectivity index (χ1v) is 8.98. The molecule has 0 bridgehead atoms. The molecule has 0 saturated heterocycles. The van der Waals surface area contributed by atoms with Crippen molar-refractivity contribution >= 4 is 12.1 Å². The highest BCUT2D eigenvalue weighted by Gasteiger charge is 2.28. The number of amides is 1. The smallest absolute Gasteiger partial charge is 0.407 e. The SMILES string of the molecule is CC(C)C(C(=O)OCc1ccccc1)N(C)CCNC(=O)OC(C)(C)C. The van der Waals surface area contributed by atoms with Gasteiger partial charge in [-0.05, 0) is 39.3 Å². The molecule has 0 aliphatic rings. The third-order valence-electron chi connectivity index (χ3n) is 3.70. The molecular weight excluding hydrogens is 332 g/mol. The predicted molar refractivity (Wildman–Crippen MR) is 102 cm³/mol. The molecule has 0 saturated carbocycles. The summed E-state index contributed by atoms with van der Waals surface area (Å²) in [6.07, 6.45) is -0.460. The van der Waals surface area contributed by atoms with Crippen LogP contribution in [0.25, 0.3) is 0 Å². The standard InChI is InChI=1S/C20H32N2O4/c1-15(2)17(18(23)25-14-16-10-8-7-9-11-16)22(6)13-12-21-19(24)26-20(3,4)5/h7-11,15,17H,12-14H2,1-6H3,(H,21,24). The van der Waals surface area contributed by atoms with Gasteiger partial charge in [0.1, 0.15) is 18.2 Å². The second kappa shape index (κ2) is 10.2. The zero-order valence-electron chi connectivity index (χ0n) is 16.7. The second-order valence-corrected chi connectivity index (χ2v) is 7.69. The summed E-state index contributed by atoms with van der Waals surface area (Å²) in [6.45, 7) is 10.6. The number of nitrogens with one attached hydrogen (secondary N) is 1. The molecule has 0 aromatic heterocycles. The van der Waals surface area contributed by atoms with Gasteiger partial charge in [-0.1, -0.05) is 44.2 Å². The molecular formula is C20H32N2O4. The molecule has 6 nitrogen and oxygen atoms in total. The highest BCUT2D eigenvalue weighted by atomic mass is 16.6. The van der Waals surface area contributed by atoms with Crippen molar-refractivity contribution in [1.82, 2.24) is 10.2 Å². The van der Waals surface area contributed by atoms with Crippen LogP contribution in [-0.4, -0.2) is 48.7 Å². The summed E-state index contributed by atoms with van der Waals surface area (Å²) < 4.78 is 10.7. The van der Waals surface area contributed by atoms with Crippen LogP contribution in [0, 0.1) is 5.92 Å². The van der Waals surface area contributed by atoms with Crippen molar-refractivity contribution in [2.75, 3.05) is 20.1 Å². The average molecular weight is 364 g/mol. The first kappa shape index (κ1) is 22.0. The normalized spacial score (nSPS) is 12.8. The summed E-state index contributed by atoms with van der Waals surface area (Å²) in [5.74, 6) is -0.173. The molecule has 1 N–H and O–H groups in total. The maximum absolute atomic E-state index is 12.5. The summed E-state index contributed by atoms with van der Waals surface area (Å²) in [6, 6.07) is 9.22. The van der Waals surface area contributed by atoms with Gasteiger partial charge in [0.25, 0.3) is 0 Å². The Bertz CT molecular complexity index is 567.